The third kappa shape index (κ3) is 1.53. The first-order valence-corrected chi connectivity index (χ1v) is 6.55. The molecule has 0 saturated heterocycles. The second-order valence-electron chi connectivity index (χ2n) is 4.66. The number of aromatic amines is 1. The Morgan fingerprint density at radius 3 is 2.95 bits per heavy atom. The monoisotopic (exact) mass is 297 g/mol. The van der Waals surface area contributed by atoms with Crippen molar-refractivity contribution in [1.29, 1.82) is 5.53 Å². The number of nitrogens with zero attached hydrogens (tertiary/aromatic N) is 3. The minimum Gasteiger partial charge on any atom is -0.337 e. The molecule has 0 aliphatic heterocycles. The second kappa shape index (κ2) is 4.13. The van der Waals surface area contributed by atoms with Gasteiger partial charge in [-0.1, -0.05) is 11.6 Å². The number of halogens is 1. The quantitative estimate of drug-likeness (QED) is 0.525. The van der Waals surface area contributed by atoms with Crippen molar-refractivity contribution in [2.24, 2.45) is 5.11 Å². The molecule has 4 aromatic rings. The number of aromatic nitrogens is 3. The molecule has 2 N–H and O–H groups in total. The highest BCUT2D eigenvalue weighted by molar-refractivity contribution is 6.31. The number of nitrogens with one attached hydrogen (secondary N) is 2. The van der Waals surface area contributed by atoms with Crippen molar-refractivity contribution in [2.75, 3.05) is 0 Å². The second-order valence-corrected chi connectivity index (χ2v) is 5.09. The molecule has 0 spiro atoms. The van der Waals surface area contributed by atoms with E-state index in [1.807, 2.05) is 0 Å². The van der Waals surface area contributed by atoms with E-state index < -0.39 is 0 Å². The number of pyridine rings is 1. The predicted molar refractivity (Wildman–Crippen MR) is 80.6 cm³/mol. The summed E-state index contributed by atoms with van der Waals surface area (Å²) in [5.74, 6) is 0. The highest BCUT2D eigenvalue weighted by Crippen LogP contribution is 2.34. The van der Waals surface area contributed by atoms with E-state index in [4.69, 9.17) is 17.1 Å². The van der Waals surface area contributed by atoms with Gasteiger partial charge in [-0.15, -0.1) is 0 Å². The maximum Gasteiger partial charge on any atom is 0.266 e. The molecule has 7 heteroatoms. The first kappa shape index (κ1) is 12.0. The fourth-order valence-corrected chi connectivity index (χ4v) is 2.79. The molecule has 0 bridgehead atoms. The van der Waals surface area contributed by atoms with Crippen LogP contribution >= 0.6 is 11.6 Å². The fraction of sp³-hybridized carbons (Fsp3) is 0. The van der Waals surface area contributed by atoms with Gasteiger partial charge in [0, 0.05) is 16.6 Å². The number of fused-ring (bicyclic) bond motifs is 4. The summed E-state index contributed by atoms with van der Waals surface area (Å²) >= 11 is 6.01. The van der Waals surface area contributed by atoms with Gasteiger partial charge in [-0.05, 0) is 24.3 Å². The zero-order valence-electron chi connectivity index (χ0n) is 10.6. The molecule has 0 saturated carbocycles. The number of H-pyrrole nitrogens is 1. The topological polar surface area (TPSA) is 86.4 Å². The molecular weight excluding hydrogens is 290 g/mol. The van der Waals surface area contributed by atoms with Crippen LogP contribution in [0, 0.1) is 5.53 Å². The first-order chi connectivity index (χ1) is 10.2. The molecular formula is C14H8ClN5O. The van der Waals surface area contributed by atoms with Gasteiger partial charge in [0.2, 0.25) is 0 Å². The molecule has 0 radical (unpaired) electrons. The molecule has 6 nitrogen and oxygen atoms in total. The van der Waals surface area contributed by atoms with Gasteiger partial charge in [-0.25, -0.2) is 5.53 Å². The SMILES string of the molecule is N=Nc1c2cc(Cl)ccc2n2c(=O)c3ccncc3[nH]c12. The molecule has 3 heterocycles. The summed E-state index contributed by atoms with van der Waals surface area (Å²) in [5.41, 5.74) is 9.35. The maximum atomic E-state index is 12.7. The minimum atomic E-state index is -0.177. The molecule has 0 aliphatic carbocycles. The van der Waals surface area contributed by atoms with Crippen molar-refractivity contribution in [3.05, 3.63) is 52.0 Å². The van der Waals surface area contributed by atoms with Gasteiger partial charge in [0.25, 0.3) is 5.56 Å². The van der Waals surface area contributed by atoms with Crippen molar-refractivity contribution < 1.29 is 0 Å². The summed E-state index contributed by atoms with van der Waals surface area (Å²) in [4.78, 5) is 19.8. The van der Waals surface area contributed by atoms with E-state index in [-0.39, 0.29) is 5.56 Å². The van der Waals surface area contributed by atoms with E-state index in [0.717, 1.165) is 0 Å². The van der Waals surface area contributed by atoms with Gasteiger partial charge in [-0.3, -0.25) is 14.2 Å². The maximum absolute atomic E-state index is 12.7. The number of hydrogen-bond donors (Lipinski definition) is 2. The lowest BCUT2D eigenvalue weighted by Crippen LogP contribution is -2.13. The molecule has 4 rings (SSSR count). The number of hydrogen-bond acceptors (Lipinski definition) is 4. The molecule has 1 aromatic carbocycles. The largest absolute Gasteiger partial charge is 0.337 e. The highest BCUT2D eigenvalue weighted by Gasteiger charge is 2.16. The van der Waals surface area contributed by atoms with Crippen LogP contribution in [0.1, 0.15) is 0 Å². The Kier molecular flexibility index (Phi) is 2.37. The van der Waals surface area contributed by atoms with Crippen molar-refractivity contribution in [2.45, 2.75) is 0 Å². The summed E-state index contributed by atoms with van der Waals surface area (Å²) in [6.07, 6.45) is 3.15. The van der Waals surface area contributed by atoms with Crippen LogP contribution in [0.2, 0.25) is 5.02 Å². The van der Waals surface area contributed by atoms with E-state index in [2.05, 4.69) is 15.1 Å². The lowest BCUT2D eigenvalue weighted by molar-refractivity contribution is 1.11. The summed E-state index contributed by atoms with van der Waals surface area (Å²) in [7, 11) is 0. The normalized spacial score (nSPS) is 11.5. The molecule has 0 atom stereocenters. The van der Waals surface area contributed by atoms with E-state index in [1.165, 1.54) is 4.40 Å². The predicted octanol–water partition coefficient (Wildman–Crippen LogP) is 3.64. The zero-order valence-corrected chi connectivity index (χ0v) is 11.3. The Bertz CT molecular complexity index is 1100. The van der Waals surface area contributed by atoms with Crippen molar-refractivity contribution in [3.63, 3.8) is 0 Å². The Labute approximate surface area is 122 Å². The average Bonchev–Trinajstić information content (AvgIpc) is 2.80. The lowest BCUT2D eigenvalue weighted by Gasteiger charge is -2.01. The van der Waals surface area contributed by atoms with Crippen LogP contribution in [-0.2, 0) is 0 Å². The van der Waals surface area contributed by atoms with E-state index in [9.17, 15) is 4.79 Å². The van der Waals surface area contributed by atoms with Crippen LogP contribution in [0.5, 0.6) is 0 Å². The van der Waals surface area contributed by atoms with Crippen molar-refractivity contribution in [3.8, 4) is 0 Å². The molecule has 102 valence electrons. The van der Waals surface area contributed by atoms with E-state index >= 15 is 0 Å². The van der Waals surface area contributed by atoms with Crippen LogP contribution in [0.25, 0.3) is 27.5 Å². The van der Waals surface area contributed by atoms with Gasteiger partial charge < -0.3 is 4.98 Å². The van der Waals surface area contributed by atoms with Crippen LogP contribution in [0.15, 0.2) is 46.6 Å². The van der Waals surface area contributed by atoms with Gasteiger partial charge in [0.15, 0.2) is 0 Å². The number of rotatable bonds is 1. The summed E-state index contributed by atoms with van der Waals surface area (Å²) < 4.78 is 1.52. The Morgan fingerprint density at radius 2 is 2.14 bits per heavy atom. The Morgan fingerprint density at radius 1 is 1.29 bits per heavy atom. The summed E-state index contributed by atoms with van der Waals surface area (Å²) in [5, 5.41) is 5.28. The van der Waals surface area contributed by atoms with Gasteiger partial charge in [0.1, 0.15) is 11.3 Å². The minimum absolute atomic E-state index is 0.177. The number of benzene rings is 1. The Balaban J connectivity index is 2.39. The molecule has 0 amide bonds. The third-order valence-electron chi connectivity index (χ3n) is 3.52. The summed E-state index contributed by atoms with van der Waals surface area (Å²) in [6, 6.07) is 6.82. The van der Waals surface area contributed by atoms with Gasteiger partial charge in [0.05, 0.1) is 22.6 Å². The smallest absolute Gasteiger partial charge is 0.266 e. The molecule has 21 heavy (non-hydrogen) atoms. The lowest BCUT2D eigenvalue weighted by atomic mass is 10.2. The third-order valence-corrected chi connectivity index (χ3v) is 3.76. The Hall–Kier alpha value is -2.73. The average molecular weight is 298 g/mol. The first-order valence-electron chi connectivity index (χ1n) is 6.18. The zero-order chi connectivity index (χ0) is 14.6. The van der Waals surface area contributed by atoms with Crippen molar-refractivity contribution in [1.82, 2.24) is 14.4 Å². The molecule has 0 aliphatic rings. The van der Waals surface area contributed by atoms with E-state index in [0.29, 0.717) is 38.2 Å². The van der Waals surface area contributed by atoms with Gasteiger partial charge >= 0.3 is 0 Å². The standard InChI is InChI=1S/C14H8ClN5O/c15-7-1-2-11-9(5-7)12(19-16)13-18-10-6-17-4-3-8(10)14(21)20(11)13/h1-6,16,18H. The van der Waals surface area contributed by atoms with Crippen LogP contribution < -0.4 is 5.56 Å². The molecule has 0 unspecified atom stereocenters. The molecule has 3 aromatic heterocycles. The van der Waals surface area contributed by atoms with Crippen LogP contribution in [-0.4, -0.2) is 14.4 Å². The fourth-order valence-electron chi connectivity index (χ4n) is 2.61. The van der Waals surface area contributed by atoms with Crippen molar-refractivity contribution >= 4 is 44.7 Å². The van der Waals surface area contributed by atoms with E-state index in [1.54, 1.807) is 36.7 Å². The molecule has 0 fully saturated rings. The van der Waals surface area contributed by atoms with Crippen LogP contribution in [0.4, 0.5) is 5.69 Å². The summed E-state index contributed by atoms with van der Waals surface area (Å²) in [6.45, 7) is 0. The van der Waals surface area contributed by atoms with Gasteiger partial charge in [-0.2, -0.15) is 5.11 Å². The highest BCUT2D eigenvalue weighted by atomic mass is 35.5. The van der Waals surface area contributed by atoms with Crippen LogP contribution in [0.3, 0.4) is 0 Å².